The molecule has 0 spiro atoms. The molecule has 0 amide bonds. The Labute approximate surface area is 196 Å². The summed E-state index contributed by atoms with van der Waals surface area (Å²) in [4.78, 5) is 14.2. The maximum Gasteiger partial charge on any atom is 0.252 e. The molecule has 1 saturated heterocycles. The van der Waals surface area contributed by atoms with Crippen LogP contribution in [0.25, 0.3) is 0 Å². The van der Waals surface area contributed by atoms with Gasteiger partial charge in [0.2, 0.25) is 0 Å². The van der Waals surface area contributed by atoms with Crippen molar-refractivity contribution in [2.45, 2.75) is 44.4 Å². The number of anilines is 1. The van der Waals surface area contributed by atoms with Crippen molar-refractivity contribution in [1.82, 2.24) is 9.29 Å². The van der Waals surface area contributed by atoms with E-state index in [-0.39, 0.29) is 28.3 Å². The third-order valence-electron chi connectivity index (χ3n) is 5.66. The number of nitrogens with one attached hydrogen (secondary N) is 1. The highest BCUT2D eigenvalue weighted by Gasteiger charge is 2.36. The molecule has 1 aromatic heterocycles. The first-order valence-corrected chi connectivity index (χ1v) is 12.2. The van der Waals surface area contributed by atoms with Gasteiger partial charge in [-0.05, 0) is 51.7 Å². The Morgan fingerprint density at radius 2 is 1.81 bits per heavy atom. The number of aromatic hydroxyl groups is 1. The van der Waals surface area contributed by atoms with Gasteiger partial charge in [-0.25, -0.2) is 0 Å². The summed E-state index contributed by atoms with van der Waals surface area (Å²) in [7, 11) is 1.73. The van der Waals surface area contributed by atoms with Gasteiger partial charge in [-0.2, -0.15) is 0 Å². The van der Waals surface area contributed by atoms with E-state index in [0.29, 0.717) is 10.6 Å². The smallest absolute Gasteiger partial charge is 0.252 e. The first-order chi connectivity index (χ1) is 14.5. The van der Waals surface area contributed by atoms with Crippen molar-refractivity contribution in [3.8, 4) is 5.75 Å². The number of aryl methyl sites for hydroxylation is 1. The minimum absolute atomic E-state index is 0.0341. The number of piperidine rings is 1. The zero-order valence-corrected chi connectivity index (χ0v) is 20.5. The van der Waals surface area contributed by atoms with Gasteiger partial charge < -0.3 is 19.1 Å². The van der Waals surface area contributed by atoms with Crippen LogP contribution in [-0.4, -0.2) is 32.1 Å². The molecule has 170 valence electrons. The SMILES string of the molecule is Cn1ccc(N2CCC(C(N[S@@+]([O-])C(C)(C)C)c3cc(Cl)c(Cl)cc3O)CC2)cc1=O. The lowest BCUT2D eigenvalue weighted by Gasteiger charge is -2.38. The third-order valence-corrected chi connectivity index (χ3v) is 7.96. The lowest BCUT2D eigenvalue weighted by atomic mass is 9.85. The Hall–Kier alpha value is -1.38. The normalized spacial score (nSPS) is 17.6. The van der Waals surface area contributed by atoms with Gasteiger partial charge >= 0.3 is 0 Å². The van der Waals surface area contributed by atoms with E-state index in [1.54, 1.807) is 29.9 Å². The quantitative estimate of drug-likeness (QED) is 0.613. The number of hydrogen-bond donors (Lipinski definition) is 2. The molecular formula is C22H29Cl2N3O3S. The fourth-order valence-corrected chi connectivity index (χ4v) is 4.97. The predicted molar refractivity (Wildman–Crippen MR) is 129 cm³/mol. The second-order valence-corrected chi connectivity index (χ2v) is 11.8. The number of benzene rings is 1. The molecule has 1 aromatic carbocycles. The van der Waals surface area contributed by atoms with Crippen molar-refractivity contribution in [3.05, 3.63) is 56.4 Å². The van der Waals surface area contributed by atoms with Crippen molar-refractivity contribution < 1.29 is 9.66 Å². The van der Waals surface area contributed by atoms with Crippen molar-refractivity contribution in [2.75, 3.05) is 18.0 Å². The van der Waals surface area contributed by atoms with Crippen molar-refractivity contribution >= 4 is 40.3 Å². The van der Waals surface area contributed by atoms with Crippen molar-refractivity contribution in [3.63, 3.8) is 0 Å². The van der Waals surface area contributed by atoms with Crippen LogP contribution in [0.4, 0.5) is 5.69 Å². The highest BCUT2D eigenvalue weighted by atomic mass is 35.5. The van der Waals surface area contributed by atoms with Gasteiger partial charge in [-0.1, -0.05) is 23.2 Å². The summed E-state index contributed by atoms with van der Waals surface area (Å²) in [6.45, 7) is 7.21. The maximum atomic E-state index is 12.9. The van der Waals surface area contributed by atoms with Gasteiger partial charge in [0.1, 0.15) is 10.5 Å². The average molecular weight is 486 g/mol. The van der Waals surface area contributed by atoms with Crippen molar-refractivity contribution in [1.29, 1.82) is 0 Å². The van der Waals surface area contributed by atoms with Gasteiger partial charge in [0.05, 0.1) is 16.1 Å². The van der Waals surface area contributed by atoms with E-state index < -0.39 is 16.1 Å². The molecule has 1 aliphatic heterocycles. The number of phenolic OH excluding ortho intramolecular Hbond substituents is 1. The molecule has 0 saturated carbocycles. The van der Waals surface area contributed by atoms with Crippen LogP contribution >= 0.6 is 23.2 Å². The molecule has 2 aromatic rings. The molecule has 2 N–H and O–H groups in total. The summed E-state index contributed by atoms with van der Waals surface area (Å²) < 4.78 is 17.2. The number of aromatic nitrogens is 1. The molecule has 1 unspecified atom stereocenters. The van der Waals surface area contributed by atoms with Gasteiger partial charge in [-0.15, -0.1) is 4.72 Å². The fraction of sp³-hybridized carbons (Fsp3) is 0.500. The Balaban J connectivity index is 1.84. The number of pyridine rings is 1. The Morgan fingerprint density at radius 3 is 2.39 bits per heavy atom. The first-order valence-electron chi connectivity index (χ1n) is 10.2. The average Bonchev–Trinajstić information content (AvgIpc) is 2.70. The predicted octanol–water partition coefficient (Wildman–Crippen LogP) is 4.41. The van der Waals surface area contributed by atoms with Gasteiger partial charge in [0, 0.05) is 61.1 Å². The lowest BCUT2D eigenvalue weighted by molar-refractivity contribution is 0.317. The molecular weight excluding hydrogens is 457 g/mol. The summed E-state index contributed by atoms with van der Waals surface area (Å²) in [5.41, 5.74) is 1.46. The number of nitrogens with zero attached hydrogens (tertiary/aromatic N) is 2. The largest absolute Gasteiger partial charge is 0.598 e. The molecule has 1 fully saturated rings. The molecule has 0 radical (unpaired) electrons. The van der Waals surface area contributed by atoms with E-state index in [1.165, 1.54) is 6.07 Å². The van der Waals surface area contributed by atoms with E-state index in [2.05, 4.69) is 9.62 Å². The van der Waals surface area contributed by atoms with E-state index in [0.717, 1.165) is 31.6 Å². The standard InChI is InChI=1S/C22H29Cl2N3O3S/c1-22(2,3)31(30)25-21(16-12-17(23)18(24)13-19(16)28)14-5-9-27(10-6-14)15-7-8-26(4)20(29)11-15/h7-8,11-14,21,25,28H,5-6,9-10H2,1-4H3/t21?,31-/m0/s1. The van der Waals surface area contributed by atoms with Crippen LogP contribution < -0.4 is 15.2 Å². The lowest BCUT2D eigenvalue weighted by Crippen LogP contribution is -2.45. The highest BCUT2D eigenvalue weighted by molar-refractivity contribution is 7.90. The number of phenols is 1. The third kappa shape index (κ3) is 5.71. The Kier molecular flexibility index (Phi) is 7.54. The summed E-state index contributed by atoms with van der Waals surface area (Å²) in [6.07, 6.45) is 3.37. The van der Waals surface area contributed by atoms with Crippen LogP contribution in [0, 0.1) is 5.92 Å². The summed E-state index contributed by atoms with van der Waals surface area (Å²) >= 11 is 11.0. The van der Waals surface area contributed by atoms with Crippen LogP contribution in [0.2, 0.25) is 10.0 Å². The van der Waals surface area contributed by atoms with Gasteiger partial charge in [-0.3, -0.25) is 4.79 Å². The zero-order chi connectivity index (χ0) is 22.9. The minimum Gasteiger partial charge on any atom is -0.598 e. The van der Waals surface area contributed by atoms with Crippen LogP contribution in [0.1, 0.15) is 45.2 Å². The summed E-state index contributed by atoms with van der Waals surface area (Å²) in [5.74, 6) is 0.157. The van der Waals surface area contributed by atoms with E-state index >= 15 is 0 Å². The number of hydrogen-bond acceptors (Lipinski definition) is 5. The highest BCUT2D eigenvalue weighted by Crippen LogP contribution is 2.40. The van der Waals surface area contributed by atoms with Gasteiger partial charge in [0.25, 0.3) is 5.56 Å². The van der Waals surface area contributed by atoms with Crippen LogP contribution in [-0.2, 0) is 18.4 Å². The Bertz CT molecular complexity index is 985. The van der Waals surface area contributed by atoms with E-state index in [1.807, 2.05) is 26.8 Å². The van der Waals surface area contributed by atoms with Crippen molar-refractivity contribution in [2.24, 2.45) is 13.0 Å². The maximum absolute atomic E-state index is 12.9. The molecule has 2 heterocycles. The van der Waals surface area contributed by atoms with E-state index in [9.17, 15) is 14.5 Å². The number of halogens is 2. The van der Waals surface area contributed by atoms with Gasteiger partial charge in [0.15, 0.2) is 0 Å². The molecule has 2 atom stereocenters. The molecule has 31 heavy (non-hydrogen) atoms. The molecule has 9 heteroatoms. The molecule has 6 nitrogen and oxygen atoms in total. The molecule has 0 aliphatic carbocycles. The topological polar surface area (TPSA) is 80.6 Å². The molecule has 3 rings (SSSR count). The second kappa shape index (κ2) is 9.63. The van der Waals surface area contributed by atoms with Crippen LogP contribution in [0.3, 0.4) is 0 Å². The Morgan fingerprint density at radius 1 is 1.19 bits per heavy atom. The van der Waals surface area contributed by atoms with E-state index in [4.69, 9.17) is 23.2 Å². The molecule has 1 aliphatic rings. The fourth-order valence-electron chi connectivity index (χ4n) is 3.73. The summed E-state index contributed by atoms with van der Waals surface area (Å²) in [5, 5.41) is 11.2. The zero-order valence-electron chi connectivity index (χ0n) is 18.2. The monoisotopic (exact) mass is 485 g/mol. The number of rotatable bonds is 5. The minimum atomic E-state index is -1.34. The first kappa shape index (κ1) is 24.3. The summed E-state index contributed by atoms with van der Waals surface area (Å²) in [6, 6.07) is 6.33. The van der Waals surface area contributed by atoms with Crippen LogP contribution in [0.5, 0.6) is 5.75 Å². The van der Waals surface area contributed by atoms with Crippen LogP contribution in [0.15, 0.2) is 35.3 Å². The second-order valence-electron chi connectivity index (χ2n) is 8.96. The molecule has 0 bridgehead atoms.